The average molecular weight is 318 g/mol. The molecular formula is C14H20ClNOS2. The number of carbonyl (C=O) groups is 1. The smallest absolute Gasteiger partial charge is 0.261 e. The van der Waals surface area contributed by atoms with E-state index in [4.69, 9.17) is 11.6 Å². The van der Waals surface area contributed by atoms with Gasteiger partial charge in [-0.2, -0.15) is 11.8 Å². The summed E-state index contributed by atoms with van der Waals surface area (Å²) in [5.41, 5.74) is 1.36. The fourth-order valence-corrected chi connectivity index (χ4v) is 4.79. The number of rotatable bonds is 6. The average Bonchev–Trinajstić information content (AvgIpc) is 2.87. The number of thiophene rings is 1. The highest BCUT2D eigenvalue weighted by Gasteiger charge is 2.18. The minimum absolute atomic E-state index is 0.0809. The van der Waals surface area contributed by atoms with E-state index in [-0.39, 0.29) is 5.91 Å². The van der Waals surface area contributed by atoms with Crippen LogP contribution in [-0.2, 0) is 12.2 Å². The first-order valence-electron chi connectivity index (χ1n) is 6.78. The van der Waals surface area contributed by atoms with Gasteiger partial charge in [-0.15, -0.1) is 22.9 Å². The maximum atomic E-state index is 12.1. The van der Waals surface area contributed by atoms with Crippen LogP contribution in [0.5, 0.6) is 0 Å². The van der Waals surface area contributed by atoms with Crippen molar-refractivity contribution in [3.8, 4) is 0 Å². The maximum absolute atomic E-state index is 12.1. The summed E-state index contributed by atoms with van der Waals surface area (Å²) in [6.45, 7) is 2.88. The first kappa shape index (κ1) is 15.2. The summed E-state index contributed by atoms with van der Waals surface area (Å²) in [5.74, 6) is 3.48. The summed E-state index contributed by atoms with van der Waals surface area (Å²) < 4.78 is 0. The fraction of sp³-hybridized carbons (Fsp3) is 0.643. The van der Waals surface area contributed by atoms with Crippen molar-refractivity contribution in [1.82, 2.24) is 5.32 Å². The third-order valence-electron chi connectivity index (χ3n) is 3.50. The number of thioether (sulfide) groups is 1. The molecule has 0 saturated heterocycles. The van der Waals surface area contributed by atoms with Crippen molar-refractivity contribution in [2.45, 2.75) is 31.9 Å². The summed E-state index contributed by atoms with van der Waals surface area (Å²) in [5, 5.41) is 3.05. The molecule has 2 rings (SSSR count). The molecule has 2 nitrogen and oxygen atoms in total. The Labute approximate surface area is 128 Å². The molecule has 2 heterocycles. The van der Waals surface area contributed by atoms with Gasteiger partial charge in [0.2, 0.25) is 0 Å². The summed E-state index contributed by atoms with van der Waals surface area (Å²) in [4.78, 5) is 14.4. The van der Waals surface area contributed by atoms with Gasteiger partial charge in [-0.05, 0) is 36.1 Å². The molecule has 1 amide bonds. The molecule has 1 aliphatic rings. The maximum Gasteiger partial charge on any atom is 0.261 e. The standard InChI is InChI=1S/C14H20ClNOS2/c1-2-10(3-5-15)8-16-14(17)13-7-11-9-18-6-4-12(11)19-13/h7,10H,2-6,8-9H2,1H3,(H,16,17). The highest BCUT2D eigenvalue weighted by Crippen LogP contribution is 2.31. The summed E-state index contributed by atoms with van der Waals surface area (Å²) in [6, 6.07) is 2.07. The molecule has 0 spiro atoms. The van der Waals surface area contributed by atoms with E-state index >= 15 is 0 Å². The molecule has 1 unspecified atom stereocenters. The number of hydrogen-bond acceptors (Lipinski definition) is 3. The van der Waals surface area contributed by atoms with Crippen LogP contribution in [-0.4, -0.2) is 24.1 Å². The number of fused-ring (bicyclic) bond motifs is 1. The Bertz CT molecular complexity index is 410. The Morgan fingerprint density at radius 2 is 2.42 bits per heavy atom. The van der Waals surface area contributed by atoms with Gasteiger partial charge in [-0.25, -0.2) is 0 Å². The molecule has 1 aromatic heterocycles. The van der Waals surface area contributed by atoms with Crippen molar-refractivity contribution in [3.63, 3.8) is 0 Å². The molecule has 5 heteroatoms. The molecule has 1 aliphatic heterocycles. The first-order chi connectivity index (χ1) is 9.24. The van der Waals surface area contributed by atoms with Crippen LogP contribution in [0.2, 0.25) is 0 Å². The number of halogens is 1. The molecule has 1 N–H and O–H groups in total. The Kier molecular flexibility index (Phi) is 6.05. The van der Waals surface area contributed by atoms with E-state index in [1.54, 1.807) is 11.3 Å². The third kappa shape index (κ3) is 4.14. The second-order valence-corrected chi connectivity index (χ2v) is 7.44. The van der Waals surface area contributed by atoms with Gasteiger partial charge >= 0.3 is 0 Å². The van der Waals surface area contributed by atoms with E-state index < -0.39 is 0 Å². The molecule has 0 aliphatic carbocycles. The molecular weight excluding hydrogens is 298 g/mol. The van der Waals surface area contributed by atoms with Crippen LogP contribution in [0.3, 0.4) is 0 Å². The lowest BCUT2D eigenvalue weighted by Gasteiger charge is -2.13. The van der Waals surface area contributed by atoms with Crippen LogP contribution in [0.15, 0.2) is 6.07 Å². The first-order valence-corrected chi connectivity index (χ1v) is 9.28. The Balaban J connectivity index is 1.90. The van der Waals surface area contributed by atoms with Gasteiger partial charge in [-0.1, -0.05) is 13.3 Å². The Hall–Kier alpha value is -0.190. The molecule has 1 atom stereocenters. The molecule has 106 valence electrons. The van der Waals surface area contributed by atoms with Gasteiger partial charge in [0.1, 0.15) is 0 Å². The topological polar surface area (TPSA) is 29.1 Å². The zero-order valence-corrected chi connectivity index (χ0v) is 13.6. The lowest BCUT2D eigenvalue weighted by molar-refractivity contribution is 0.0950. The normalized spacial score (nSPS) is 15.9. The number of amides is 1. The molecule has 0 saturated carbocycles. The zero-order chi connectivity index (χ0) is 13.7. The van der Waals surface area contributed by atoms with Crippen LogP contribution in [0.25, 0.3) is 0 Å². The van der Waals surface area contributed by atoms with E-state index in [0.717, 1.165) is 36.4 Å². The van der Waals surface area contributed by atoms with Crippen molar-refractivity contribution in [2.24, 2.45) is 5.92 Å². The number of nitrogens with one attached hydrogen (secondary N) is 1. The highest BCUT2D eigenvalue weighted by molar-refractivity contribution is 7.98. The quantitative estimate of drug-likeness (QED) is 0.806. The van der Waals surface area contributed by atoms with Gasteiger partial charge in [0.25, 0.3) is 5.91 Å². The fourth-order valence-electron chi connectivity index (χ4n) is 2.19. The Morgan fingerprint density at radius 1 is 1.58 bits per heavy atom. The van der Waals surface area contributed by atoms with E-state index in [1.165, 1.54) is 16.2 Å². The zero-order valence-electron chi connectivity index (χ0n) is 11.2. The Morgan fingerprint density at radius 3 is 3.11 bits per heavy atom. The highest BCUT2D eigenvalue weighted by atomic mass is 35.5. The van der Waals surface area contributed by atoms with E-state index in [1.807, 2.05) is 11.8 Å². The van der Waals surface area contributed by atoms with Crippen LogP contribution in [0.4, 0.5) is 0 Å². The van der Waals surface area contributed by atoms with Gasteiger partial charge in [0, 0.05) is 23.1 Å². The lowest BCUT2D eigenvalue weighted by Crippen LogP contribution is -2.28. The molecule has 0 aromatic carbocycles. The summed E-state index contributed by atoms with van der Waals surface area (Å²) >= 11 is 9.38. The summed E-state index contributed by atoms with van der Waals surface area (Å²) in [7, 11) is 0. The number of aryl methyl sites for hydroxylation is 1. The third-order valence-corrected chi connectivity index (χ3v) is 5.96. The predicted molar refractivity (Wildman–Crippen MR) is 85.6 cm³/mol. The van der Waals surface area contributed by atoms with E-state index in [9.17, 15) is 4.79 Å². The van der Waals surface area contributed by atoms with Crippen LogP contribution < -0.4 is 5.32 Å². The molecule has 0 bridgehead atoms. The minimum Gasteiger partial charge on any atom is -0.351 e. The van der Waals surface area contributed by atoms with Gasteiger partial charge < -0.3 is 5.32 Å². The summed E-state index contributed by atoms with van der Waals surface area (Å²) in [6.07, 6.45) is 3.14. The molecule has 0 fully saturated rings. The van der Waals surface area contributed by atoms with Crippen molar-refractivity contribution in [2.75, 3.05) is 18.2 Å². The minimum atomic E-state index is 0.0809. The van der Waals surface area contributed by atoms with Crippen LogP contribution in [0, 0.1) is 5.92 Å². The second-order valence-electron chi connectivity index (χ2n) is 4.82. The van der Waals surface area contributed by atoms with E-state index in [0.29, 0.717) is 11.8 Å². The molecule has 19 heavy (non-hydrogen) atoms. The SMILES string of the molecule is CCC(CCCl)CNC(=O)c1cc2c(s1)CCSC2. The monoisotopic (exact) mass is 317 g/mol. The number of carbonyl (C=O) groups excluding carboxylic acids is 1. The molecule has 1 aromatic rings. The van der Waals surface area contributed by atoms with Crippen molar-refractivity contribution < 1.29 is 4.79 Å². The van der Waals surface area contributed by atoms with Crippen molar-refractivity contribution >= 4 is 40.6 Å². The van der Waals surface area contributed by atoms with Gasteiger partial charge in [-0.3, -0.25) is 4.79 Å². The van der Waals surface area contributed by atoms with Crippen LogP contribution >= 0.6 is 34.7 Å². The van der Waals surface area contributed by atoms with Crippen molar-refractivity contribution in [1.29, 1.82) is 0 Å². The van der Waals surface area contributed by atoms with Crippen LogP contribution in [0.1, 0.15) is 39.9 Å². The van der Waals surface area contributed by atoms with Crippen molar-refractivity contribution in [3.05, 3.63) is 21.4 Å². The van der Waals surface area contributed by atoms with Gasteiger partial charge in [0.05, 0.1) is 4.88 Å². The molecule has 0 radical (unpaired) electrons. The van der Waals surface area contributed by atoms with Gasteiger partial charge in [0.15, 0.2) is 0 Å². The predicted octanol–water partition coefficient (Wildman–Crippen LogP) is 3.92. The number of alkyl halides is 1. The van der Waals surface area contributed by atoms with E-state index in [2.05, 4.69) is 18.3 Å². The second kappa shape index (κ2) is 7.55. The number of hydrogen-bond donors (Lipinski definition) is 1. The largest absolute Gasteiger partial charge is 0.351 e. The lowest BCUT2D eigenvalue weighted by atomic mass is 10.0.